The smallest absolute Gasteiger partial charge is 0.293 e. The first-order chi connectivity index (χ1) is 14.9. The normalized spacial score (nSPS) is 10.8. The maximum absolute atomic E-state index is 12.6. The molecule has 158 valence electrons. The number of amides is 1. The standard InChI is InChI=1S/C24H21ClN2O3S/c1-14-8-9-17(12-15(14)2)22-16(3)31-24(26-22)27-23(28)21-11-10-18(30-21)13-29-20-7-5-4-6-19(20)25/h4-12H,13H2,1-3H3,(H,26,27,28). The number of nitrogens with one attached hydrogen (secondary N) is 1. The van der Waals surface area contributed by atoms with Gasteiger partial charge in [-0.05, 0) is 62.2 Å². The summed E-state index contributed by atoms with van der Waals surface area (Å²) >= 11 is 7.52. The van der Waals surface area contributed by atoms with Crippen LogP contribution < -0.4 is 10.1 Å². The first-order valence-corrected chi connectivity index (χ1v) is 10.9. The van der Waals surface area contributed by atoms with Crippen LogP contribution in [0.15, 0.2) is 59.0 Å². The molecule has 2 aromatic heterocycles. The Hall–Kier alpha value is -3.09. The van der Waals surface area contributed by atoms with Gasteiger partial charge >= 0.3 is 0 Å². The van der Waals surface area contributed by atoms with Gasteiger partial charge in [0.1, 0.15) is 18.1 Å². The summed E-state index contributed by atoms with van der Waals surface area (Å²) in [5, 5.41) is 3.87. The van der Waals surface area contributed by atoms with Crippen molar-refractivity contribution in [2.75, 3.05) is 5.32 Å². The highest BCUT2D eigenvalue weighted by Crippen LogP contribution is 2.31. The molecule has 1 N–H and O–H groups in total. The summed E-state index contributed by atoms with van der Waals surface area (Å²) in [7, 11) is 0. The molecule has 5 nitrogen and oxygen atoms in total. The van der Waals surface area contributed by atoms with Gasteiger partial charge in [0.05, 0.1) is 10.7 Å². The number of aromatic nitrogens is 1. The van der Waals surface area contributed by atoms with E-state index < -0.39 is 0 Å². The Morgan fingerprint density at radius 1 is 1.10 bits per heavy atom. The number of furan rings is 1. The third kappa shape index (κ3) is 4.81. The van der Waals surface area contributed by atoms with Crippen molar-refractivity contribution in [3.63, 3.8) is 0 Å². The van der Waals surface area contributed by atoms with E-state index in [1.54, 1.807) is 24.3 Å². The molecule has 0 aliphatic heterocycles. The van der Waals surface area contributed by atoms with Crippen molar-refractivity contribution in [3.05, 3.63) is 87.1 Å². The number of thiazole rings is 1. The van der Waals surface area contributed by atoms with E-state index in [2.05, 4.69) is 36.3 Å². The fourth-order valence-electron chi connectivity index (χ4n) is 3.05. The van der Waals surface area contributed by atoms with Gasteiger partial charge in [0.25, 0.3) is 5.91 Å². The van der Waals surface area contributed by atoms with Gasteiger partial charge in [0.2, 0.25) is 0 Å². The van der Waals surface area contributed by atoms with Crippen molar-refractivity contribution in [1.29, 1.82) is 0 Å². The maximum Gasteiger partial charge on any atom is 0.293 e. The second-order valence-corrected chi connectivity index (χ2v) is 8.77. The Labute approximate surface area is 189 Å². The molecule has 0 saturated carbocycles. The van der Waals surface area contributed by atoms with Crippen LogP contribution in [0.3, 0.4) is 0 Å². The van der Waals surface area contributed by atoms with Crippen LogP contribution in [0.4, 0.5) is 5.13 Å². The number of ether oxygens (including phenoxy) is 1. The highest BCUT2D eigenvalue weighted by molar-refractivity contribution is 7.16. The Morgan fingerprint density at radius 2 is 1.90 bits per heavy atom. The van der Waals surface area contributed by atoms with E-state index in [0.717, 1.165) is 16.1 Å². The topological polar surface area (TPSA) is 64.4 Å². The van der Waals surface area contributed by atoms with Crippen molar-refractivity contribution >= 4 is 34.0 Å². The van der Waals surface area contributed by atoms with Crippen LogP contribution in [0.25, 0.3) is 11.3 Å². The SMILES string of the molecule is Cc1ccc(-c2nc(NC(=O)c3ccc(COc4ccccc4Cl)o3)sc2C)cc1C. The molecule has 0 spiro atoms. The third-order valence-electron chi connectivity index (χ3n) is 4.89. The number of anilines is 1. The minimum Gasteiger partial charge on any atom is -0.484 e. The van der Waals surface area contributed by atoms with Gasteiger partial charge in [-0.1, -0.05) is 35.9 Å². The van der Waals surface area contributed by atoms with E-state index in [1.807, 2.05) is 25.1 Å². The average Bonchev–Trinajstić information content (AvgIpc) is 3.36. The molecule has 0 saturated heterocycles. The first-order valence-electron chi connectivity index (χ1n) is 9.73. The molecule has 0 aliphatic rings. The number of benzene rings is 2. The highest BCUT2D eigenvalue weighted by atomic mass is 35.5. The van der Waals surface area contributed by atoms with Gasteiger partial charge in [0.15, 0.2) is 10.9 Å². The van der Waals surface area contributed by atoms with E-state index in [1.165, 1.54) is 22.5 Å². The lowest BCUT2D eigenvalue weighted by atomic mass is 10.0. The minimum absolute atomic E-state index is 0.171. The molecule has 2 heterocycles. The molecule has 0 unspecified atom stereocenters. The van der Waals surface area contributed by atoms with Crippen molar-refractivity contribution in [2.24, 2.45) is 0 Å². The molecule has 0 fully saturated rings. The second kappa shape index (κ2) is 8.96. The quantitative estimate of drug-likeness (QED) is 0.349. The lowest BCUT2D eigenvalue weighted by Gasteiger charge is -2.05. The summed E-state index contributed by atoms with van der Waals surface area (Å²) in [5.41, 5.74) is 4.35. The minimum atomic E-state index is -0.357. The van der Waals surface area contributed by atoms with Crippen LogP contribution >= 0.6 is 22.9 Å². The fourth-order valence-corrected chi connectivity index (χ4v) is 4.07. The fraction of sp³-hybridized carbons (Fsp3) is 0.167. The zero-order valence-corrected chi connectivity index (χ0v) is 18.9. The number of carbonyl (C=O) groups is 1. The van der Waals surface area contributed by atoms with E-state index in [9.17, 15) is 4.79 Å². The van der Waals surface area contributed by atoms with Gasteiger partial charge in [-0.25, -0.2) is 4.98 Å². The Balaban J connectivity index is 1.43. The number of aryl methyl sites for hydroxylation is 3. The predicted molar refractivity (Wildman–Crippen MR) is 124 cm³/mol. The molecule has 0 bridgehead atoms. The third-order valence-corrected chi connectivity index (χ3v) is 6.09. The van der Waals surface area contributed by atoms with Crippen LogP contribution in [-0.4, -0.2) is 10.9 Å². The predicted octanol–water partition coefficient (Wildman–Crippen LogP) is 6.81. The largest absolute Gasteiger partial charge is 0.484 e. The maximum atomic E-state index is 12.6. The molecule has 0 atom stereocenters. The molecule has 7 heteroatoms. The first kappa shape index (κ1) is 21.2. The van der Waals surface area contributed by atoms with Crippen LogP contribution in [0.5, 0.6) is 5.75 Å². The number of nitrogens with zero attached hydrogens (tertiary/aromatic N) is 1. The number of rotatable bonds is 6. The van der Waals surface area contributed by atoms with E-state index in [0.29, 0.717) is 21.7 Å². The average molecular weight is 453 g/mol. The van der Waals surface area contributed by atoms with E-state index in [-0.39, 0.29) is 18.3 Å². The van der Waals surface area contributed by atoms with Crippen molar-refractivity contribution in [3.8, 4) is 17.0 Å². The summed E-state index contributed by atoms with van der Waals surface area (Å²) in [6.45, 7) is 6.32. The summed E-state index contributed by atoms with van der Waals surface area (Å²) in [6, 6.07) is 16.8. The van der Waals surface area contributed by atoms with Crippen LogP contribution in [0.1, 0.15) is 32.3 Å². The molecule has 0 radical (unpaired) electrons. The van der Waals surface area contributed by atoms with Gasteiger partial charge in [-0.3, -0.25) is 10.1 Å². The van der Waals surface area contributed by atoms with E-state index in [4.69, 9.17) is 20.8 Å². The summed E-state index contributed by atoms with van der Waals surface area (Å²) in [4.78, 5) is 18.3. The highest BCUT2D eigenvalue weighted by Gasteiger charge is 2.16. The zero-order chi connectivity index (χ0) is 22.0. The van der Waals surface area contributed by atoms with Crippen LogP contribution in [-0.2, 0) is 6.61 Å². The number of carbonyl (C=O) groups excluding carboxylic acids is 1. The number of hydrogen-bond acceptors (Lipinski definition) is 5. The lowest BCUT2D eigenvalue weighted by Crippen LogP contribution is -2.10. The molecule has 0 aliphatic carbocycles. The molecule has 2 aromatic carbocycles. The van der Waals surface area contributed by atoms with Crippen LogP contribution in [0, 0.1) is 20.8 Å². The monoisotopic (exact) mass is 452 g/mol. The van der Waals surface area contributed by atoms with Gasteiger partial charge in [-0.15, -0.1) is 11.3 Å². The number of halogens is 1. The molecule has 1 amide bonds. The molecule has 4 aromatic rings. The molecular formula is C24H21ClN2O3S. The zero-order valence-electron chi connectivity index (χ0n) is 17.4. The summed E-state index contributed by atoms with van der Waals surface area (Å²) in [5.74, 6) is 0.919. The number of hydrogen-bond donors (Lipinski definition) is 1. The Bertz CT molecular complexity index is 1250. The van der Waals surface area contributed by atoms with Crippen molar-refractivity contribution < 1.29 is 13.9 Å². The Morgan fingerprint density at radius 3 is 2.68 bits per heavy atom. The van der Waals surface area contributed by atoms with Gasteiger partial charge in [-0.2, -0.15) is 0 Å². The second-order valence-electron chi connectivity index (χ2n) is 7.16. The van der Waals surface area contributed by atoms with Gasteiger partial charge < -0.3 is 9.15 Å². The van der Waals surface area contributed by atoms with Crippen molar-refractivity contribution in [1.82, 2.24) is 4.98 Å². The van der Waals surface area contributed by atoms with E-state index >= 15 is 0 Å². The summed E-state index contributed by atoms with van der Waals surface area (Å²) in [6.07, 6.45) is 0. The van der Waals surface area contributed by atoms with Crippen LogP contribution in [0.2, 0.25) is 5.02 Å². The summed E-state index contributed by atoms with van der Waals surface area (Å²) < 4.78 is 11.3. The molecule has 31 heavy (non-hydrogen) atoms. The Kier molecular flexibility index (Phi) is 6.11. The van der Waals surface area contributed by atoms with Gasteiger partial charge in [0, 0.05) is 10.4 Å². The van der Waals surface area contributed by atoms with Crippen molar-refractivity contribution in [2.45, 2.75) is 27.4 Å². The number of para-hydroxylation sites is 1. The molecule has 4 rings (SSSR count). The molecular weight excluding hydrogens is 432 g/mol. The lowest BCUT2D eigenvalue weighted by molar-refractivity contribution is 0.0992.